The highest BCUT2D eigenvalue weighted by atomic mass is 32.2. The molecule has 10 nitrogen and oxygen atoms in total. The average molecular weight is 538 g/mol. The van der Waals surface area contributed by atoms with E-state index in [9.17, 15) is 22.8 Å². The first-order chi connectivity index (χ1) is 17.7. The number of carbonyl (C=O) groups is 2. The van der Waals surface area contributed by atoms with E-state index in [2.05, 4.69) is 4.99 Å². The van der Waals surface area contributed by atoms with Crippen molar-refractivity contribution < 1.29 is 27.2 Å². The molecule has 0 unspecified atom stereocenters. The predicted octanol–water partition coefficient (Wildman–Crippen LogP) is 2.91. The van der Waals surface area contributed by atoms with Gasteiger partial charge in [0.1, 0.15) is 17.7 Å². The van der Waals surface area contributed by atoms with Crippen LogP contribution in [-0.2, 0) is 26.1 Å². The van der Waals surface area contributed by atoms with E-state index >= 15 is 0 Å². The molecule has 0 fully saturated rings. The second-order valence-electron chi connectivity index (χ2n) is 8.01. The van der Waals surface area contributed by atoms with Gasteiger partial charge in [-0.1, -0.05) is 41.7 Å². The first-order valence-electron chi connectivity index (χ1n) is 11.0. The Morgan fingerprint density at radius 1 is 1.08 bits per heavy atom. The molecule has 0 aliphatic heterocycles. The maximum Gasteiger partial charge on any atom is 0.349 e. The van der Waals surface area contributed by atoms with Crippen LogP contribution in [0.3, 0.4) is 0 Å². The molecule has 2 heterocycles. The molecule has 0 spiro atoms. The van der Waals surface area contributed by atoms with Crippen LogP contribution in [0.2, 0.25) is 0 Å². The van der Waals surface area contributed by atoms with E-state index in [1.807, 2.05) is 30.3 Å². The van der Waals surface area contributed by atoms with Crippen LogP contribution in [0.4, 0.5) is 0 Å². The second-order valence-corrected chi connectivity index (χ2v) is 10.6. The summed E-state index contributed by atoms with van der Waals surface area (Å²) in [6.07, 6.45) is 0. The number of nitrogens with zero attached hydrogens (tertiary/aromatic N) is 2. The zero-order valence-corrected chi connectivity index (χ0v) is 21.0. The van der Waals surface area contributed by atoms with Crippen LogP contribution >= 0.6 is 11.3 Å². The minimum absolute atomic E-state index is 0.0667. The van der Waals surface area contributed by atoms with Gasteiger partial charge in [-0.15, -0.1) is 0 Å². The Morgan fingerprint density at radius 2 is 1.86 bits per heavy atom. The van der Waals surface area contributed by atoms with Crippen LogP contribution in [0.1, 0.15) is 17.3 Å². The zero-order chi connectivity index (χ0) is 26.3. The van der Waals surface area contributed by atoms with Gasteiger partial charge < -0.3 is 13.7 Å². The summed E-state index contributed by atoms with van der Waals surface area (Å²) in [5.41, 5.74) is -0.371. The van der Waals surface area contributed by atoms with Crippen molar-refractivity contribution in [2.75, 3.05) is 6.61 Å². The van der Waals surface area contributed by atoms with Crippen LogP contribution in [-0.4, -0.2) is 31.5 Å². The van der Waals surface area contributed by atoms with Gasteiger partial charge in [0.05, 0.1) is 21.7 Å². The van der Waals surface area contributed by atoms with Gasteiger partial charge >= 0.3 is 11.6 Å². The van der Waals surface area contributed by atoms with E-state index in [0.717, 1.165) is 22.1 Å². The molecule has 0 bridgehead atoms. The van der Waals surface area contributed by atoms with Gasteiger partial charge in [0.15, 0.2) is 4.80 Å². The number of amides is 1. The largest absolute Gasteiger partial charge is 0.465 e. The molecule has 3 aromatic carbocycles. The van der Waals surface area contributed by atoms with E-state index in [-0.39, 0.29) is 28.4 Å². The number of esters is 1. The molecular formula is C25H19N3O7S2. The fourth-order valence-electron chi connectivity index (χ4n) is 3.97. The van der Waals surface area contributed by atoms with Crippen molar-refractivity contribution in [3.63, 3.8) is 0 Å². The highest BCUT2D eigenvalue weighted by Crippen LogP contribution is 2.25. The molecule has 5 rings (SSSR count). The van der Waals surface area contributed by atoms with Crippen molar-refractivity contribution in [3.8, 4) is 0 Å². The minimum atomic E-state index is -3.99. The fourth-order valence-corrected chi connectivity index (χ4v) is 5.65. The highest BCUT2D eigenvalue weighted by Gasteiger charge is 2.18. The molecule has 188 valence electrons. The maximum atomic E-state index is 13.2. The molecule has 5 aromatic rings. The molecule has 0 saturated carbocycles. The van der Waals surface area contributed by atoms with Crippen LogP contribution in [0.15, 0.2) is 79.8 Å². The Morgan fingerprint density at radius 3 is 2.62 bits per heavy atom. The number of hydrogen-bond acceptors (Lipinski definition) is 8. The standard InChI is InChI=1S/C25H19N3O7S2/c1-2-34-22(29)13-28-19-9-8-15(37(26,32)33)11-21(19)36-25(28)27-23(30)18-12-17-16-6-4-3-5-14(16)7-10-20(17)35-24(18)31/h3-12H,2,13H2,1H3,(H2,26,32,33). The second kappa shape index (κ2) is 9.39. The Balaban J connectivity index is 1.69. The third-order valence-corrected chi connectivity index (χ3v) is 7.60. The number of nitrogens with two attached hydrogens (primary N) is 1. The summed E-state index contributed by atoms with van der Waals surface area (Å²) < 4.78 is 35.9. The van der Waals surface area contributed by atoms with E-state index in [4.69, 9.17) is 14.3 Å². The summed E-state index contributed by atoms with van der Waals surface area (Å²) in [6.45, 7) is 1.52. The maximum absolute atomic E-state index is 13.2. The Hall–Kier alpha value is -4.13. The number of primary sulfonamides is 1. The Labute approximate surface area is 213 Å². The molecule has 0 atom stereocenters. The quantitative estimate of drug-likeness (QED) is 0.206. The summed E-state index contributed by atoms with van der Waals surface area (Å²) >= 11 is 0.964. The minimum Gasteiger partial charge on any atom is -0.465 e. The van der Waals surface area contributed by atoms with Gasteiger partial charge in [-0.2, -0.15) is 4.99 Å². The van der Waals surface area contributed by atoms with E-state index in [0.29, 0.717) is 21.2 Å². The molecular weight excluding hydrogens is 518 g/mol. The van der Waals surface area contributed by atoms with E-state index in [1.165, 1.54) is 28.8 Å². The van der Waals surface area contributed by atoms with Gasteiger partial charge in [-0.05, 0) is 48.0 Å². The number of carbonyl (C=O) groups excluding carboxylic acids is 2. The summed E-state index contributed by atoms with van der Waals surface area (Å²) in [5.74, 6) is -1.46. The summed E-state index contributed by atoms with van der Waals surface area (Å²) in [4.78, 5) is 42.2. The van der Waals surface area contributed by atoms with Crippen molar-refractivity contribution in [1.29, 1.82) is 0 Å². The summed E-state index contributed by atoms with van der Waals surface area (Å²) in [5, 5.41) is 7.52. The number of benzene rings is 3. The molecule has 37 heavy (non-hydrogen) atoms. The lowest BCUT2D eigenvalue weighted by molar-refractivity contribution is -0.143. The number of aromatic nitrogens is 1. The average Bonchev–Trinajstić information content (AvgIpc) is 3.18. The van der Waals surface area contributed by atoms with Crippen LogP contribution < -0.4 is 15.6 Å². The summed E-state index contributed by atoms with van der Waals surface area (Å²) in [7, 11) is -3.99. The number of ether oxygens (including phenoxy) is 1. The van der Waals surface area contributed by atoms with Crippen LogP contribution in [0.5, 0.6) is 0 Å². The Bertz CT molecular complexity index is 1970. The molecule has 0 radical (unpaired) electrons. The highest BCUT2D eigenvalue weighted by molar-refractivity contribution is 7.89. The number of thiazole rings is 1. The topological polar surface area (TPSA) is 151 Å². The van der Waals surface area contributed by atoms with Gasteiger partial charge in [0.25, 0.3) is 5.91 Å². The number of hydrogen-bond donors (Lipinski definition) is 1. The monoisotopic (exact) mass is 537 g/mol. The van der Waals surface area contributed by atoms with E-state index < -0.39 is 27.5 Å². The summed E-state index contributed by atoms with van der Waals surface area (Å²) in [6, 6.07) is 16.5. The van der Waals surface area contributed by atoms with Crippen molar-refractivity contribution in [3.05, 3.63) is 81.4 Å². The van der Waals surface area contributed by atoms with Gasteiger partial charge in [0, 0.05) is 5.39 Å². The smallest absolute Gasteiger partial charge is 0.349 e. The zero-order valence-electron chi connectivity index (χ0n) is 19.3. The van der Waals surface area contributed by atoms with Gasteiger partial charge in [0.2, 0.25) is 10.0 Å². The molecule has 0 saturated heterocycles. The lowest BCUT2D eigenvalue weighted by atomic mass is 10.0. The van der Waals surface area contributed by atoms with Crippen molar-refractivity contribution in [2.45, 2.75) is 18.4 Å². The normalized spacial score (nSPS) is 12.4. The fraction of sp³-hybridized carbons (Fsp3) is 0.120. The molecule has 1 amide bonds. The van der Waals surface area contributed by atoms with Crippen molar-refractivity contribution >= 4 is 65.2 Å². The molecule has 0 aliphatic carbocycles. The van der Waals surface area contributed by atoms with Crippen molar-refractivity contribution in [2.24, 2.45) is 10.1 Å². The van der Waals surface area contributed by atoms with Gasteiger partial charge in [-0.25, -0.2) is 18.4 Å². The first-order valence-corrected chi connectivity index (χ1v) is 13.4. The van der Waals surface area contributed by atoms with Crippen LogP contribution in [0.25, 0.3) is 32.0 Å². The Kier molecular flexibility index (Phi) is 6.23. The molecule has 0 aliphatic rings. The predicted molar refractivity (Wildman–Crippen MR) is 138 cm³/mol. The number of fused-ring (bicyclic) bond motifs is 4. The number of sulfonamides is 1. The van der Waals surface area contributed by atoms with E-state index in [1.54, 1.807) is 13.0 Å². The molecule has 2 aromatic heterocycles. The van der Waals surface area contributed by atoms with Crippen LogP contribution in [0, 0.1) is 0 Å². The number of rotatable bonds is 5. The SMILES string of the molecule is CCOC(=O)Cn1c(=NC(=O)c2cc3c(ccc4ccccc43)oc2=O)sc2cc(S(N)(=O)=O)ccc21. The molecule has 12 heteroatoms. The molecule has 2 N–H and O–H groups in total. The first kappa shape index (κ1) is 24.6. The van der Waals surface area contributed by atoms with Gasteiger partial charge in [-0.3, -0.25) is 9.59 Å². The third-order valence-electron chi connectivity index (χ3n) is 5.64. The lowest BCUT2D eigenvalue weighted by Gasteiger charge is -2.06. The lowest BCUT2D eigenvalue weighted by Crippen LogP contribution is -2.24. The van der Waals surface area contributed by atoms with Crippen molar-refractivity contribution in [1.82, 2.24) is 4.57 Å². The third kappa shape index (κ3) is 4.69.